The van der Waals surface area contributed by atoms with Crippen molar-refractivity contribution in [3.8, 4) is 17.0 Å². The van der Waals surface area contributed by atoms with Crippen molar-refractivity contribution in [2.45, 2.75) is 6.04 Å². The average molecular weight is 416 g/mol. The number of carbonyl (C=O) groups is 1. The maximum atomic E-state index is 12.8. The zero-order valence-electron chi connectivity index (χ0n) is 17.6. The number of aromatic nitrogens is 2. The van der Waals surface area contributed by atoms with Crippen molar-refractivity contribution in [3.63, 3.8) is 0 Å². The number of nitrogens with zero attached hydrogens (tertiary/aromatic N) is 4. The number of carbonyl (C=O) groups excluding carboxylic acids is 1. The summed E-state index contributed by atoms with van der Waals surface area (Å²) >= 11 is 0. The van der Waals surface area contributed by atoms with Gasteiger partial charge in [-0.1, -0.05) is 6.07 Å². The molecular weight excluding hydrogens is 392 g/mol. The molecule has 1 aliphatic heterocycles. The second kappa shape index (κ2) is 7.92. The van der Waals surface area contributed by atoms with E-state index in [-0.39, 0.29) is 11.9 Å². The third-order valence-electron chi connectivity index (χ3n) is 5.94. The van der Waals surface area contributed by atoms with Gasteiger partial charge in [0, 0.05) is 25.8 Å². The van der Waals surface area contributed by atoms with Crippen molar-refractivity contribution in [2.24, 2.45) is 0 Å². The van der Waals surface area contributed by atoms with Gasteiger partial charge < -0.3 is 14.1 Å². The Morgan fingerprint density at radius 3 is 2.71 bits per heavy atom. The van der Waals surface area contributed by atoms with E-state index in [0.29, 0.717) is 18.7 Å². The molecule has 1 amide bonds. The Kier molecular flexibility index (Phi) is 4.95. The number of piperazine rings is 1. The average Bonchev–Trinajstić information content (AvgIpc) is 3.49. The zero-order valence-corrected chi connectivity index (χ0v) is 17.6. The van der Waals surface area contributed by atoms with Gasteiger partial charge in [0.2, 0.25) is 0 Å². The van der Waals surface area contributed by atoms with Gasteiger partial charge in [0.15, 0.2) is 0 Å². The predicted molar refractivity (Wildman–Crippen MR) is 117 cm³/mol. The van der Waals surface area contributed by atoms with Crippen LogP contribution in [0.5, 0.6) is 5.75 Å². The first-order valence-corrected chi connectivity index (χ1v) is 10.3. The third kappa shape index (κ3) is 3.57. The molecule has 0 bridgehead atoms. The number of hydrogen-bond donors (Lipinski definition) is 0. The fourth-order valence-corrected chi connectivity index (χ4v) is 4.13. The second-order valence-electron chi connectivity index (χ2n) is 7.79. The van der Waals surface area contributed by atoms with E-state index in [1.165, 1.54) is 12.5 Å². The molecule has 7 nitrogen and oxygen atoms in total. The molecule has 5 rings (SSSR count). The molecule has 4 aromatic rings. The number of rotatable bonds is 4. The van der Waals surface area contributed by atoms with Crippen LogP contribution in [0, 0.1) is 0 Å². The van der Waals surface area contributed by atoms with Crippen LogP contribution in [0.3, 0.4) is 0 Å². The highest BCUT2D eigenvalue weighted by atomic mass is 16.5. The summed E-state index contributed by atoms with van der Waals surface area (Å²) in [6.45, 7) is 2.05. The van der Waals surface area contributed by atoms with Gasteiger partial charge in [0.05, 0.1) is 36.4 Å². The van der Waals surface area contributed by atoms with Crippen LogP contribution in [0.2, 0.25) is 0 Å². The van der Waals surface area contributed by atoms with Crippen molar-refractivity contribution < 1.29 is 13.9 Å². The van der Waals surface area contributed by atoms with Crippen molar-refractivity contribution in [2.75, 3.05) is 33.8 Å². The fraction of sp³-hybridized carbons (Fsp3) is 0.250. The van der Waals surface area contributed by atoms with Gasteiger partial charge in [0.1, 0.15) is 17.7 Å². The molecule has 1 atom stereocenters. The van der Waals surface area contributed by atoms with Crippen LogP contribution in [-0.4, -0.2) is 58.9 Å². The lowest BCUT2D eigenvalue weighted by Crippen LogP contribution is -2.49. The molecule has 31 heavy (non-hydrogen) atoms. The maximum absolute atomic E-state index is 12.8. The summed E-state index contributed by atoms with van der Waals surface area (Å²) in [7, 11) is 3.75. The number of imidazole rings is 1. The summed E-state index contributed by atoms with van der Waals surface area (Å²) in [5, 5.41) is 0. The Labute approximate surface area is 180 Å². The Morgan fingerprint density at radius 1 is 1.13 bits per heavy atom. The van der Waals surface area contributed by atoms with Crippen molar-refractivity contribution in [3.05, 3.63) is 78.5 Å². The molecule has 1 aliphatic rings. The fourth-order valence-electron chi connectivity index (χ4n) is 4.13. The monoisotopic (exact) mass is 416 g/mol. The van der Waals surface area contributed by atoms with Gasteiger partial charge in [-0.15, -0.1) is 0 Å². The molecule has 0 N–H and O–H groups in total. The Balaban J connectivity index is 1.47. The van der Waals surface area contributed by atoms with E-state index in [1.54, 1.807) is 13.2 Å². The van der Waals surface area contributed by atoms with E-state index in [1.807, 2.05) is 41.3 Å². The van der Waals surface area contributed by atoms with E-state index in [2.05, 4.69) is 28.6 Å². The summed E-state index contributed by atoms with van der Waals surface area (Å²) in [6.07, 6.45) is 5.12. The minimum atomic E-state index is -0.00506. The van der Waals surface area contributed by atoms with Crippen LogP contribution < -0.4 is 4.74 Å². The first-order valence-electron chi connectivity index (χ1n) is 10.3. The number of likely N-dealkylation sites (N-methyl/N-ethyl adjacent to an activating group) is 1. The molecule has 0 aliphatic carbocycles. The molecule has 0 spiro atoms. The standard InChI is InChI=1S/C24H24N4O3/c1-26-11-12-27(24(29)18-10-13-31-16-18)15-22(26)20-14-28-21(4-3-5-23(28)25-20)17-6-8-19(30-2)9-7-17/h3-10,13-14,16,22H,11-12,15H2,1-2H3/t22-/m0/s1. The van der Waals surface area contributed by atoms with Gasteiger partial charge >= 0.3 is 0 Å². The normalized spacial score (nSPS) is 17.2. The summed E-state index contributed by atoms with van der Waals surface area (Å²) in [5.74, 6) is 0.822. The van der Waals surface area contributed by atoms with Crippen LogP contribution in [-0.2, 0) is 0 Å². The van der Waals surface area contributed by atoms with E-state index in [9.17, 15) is 4.79 Å². The molecule has 1 saturated heterocycles. The van der Waals surface area contributed by atoms with Crippen LogP contribution in [0.25, 0.3) is 16.9 Å². The highest BCUT2D eigenvalue weighted by Gasteiger charge is 2.31. The van der Waals surface area contributed by atoms with Crippen LogP contribution >= 0.6 is 0 Å². The Bertz CT molecular complexity index is 1200. The third-order valence-corrected chi connectivity index (χ3v) is 5.94. The molecule has 1 fully saturated rings. The lowest BCUT2D eigenvalue weighted by atomic mass is 10.1. The van der Waals surface area contributed by atoms with Gasteiger partial charge in [-0.25, -0.2) is 4.98 Å². The van der Waals surface area contributed by atoms with Crippen LogP contribution in [0.4, 0.5) is 0 Å². The summed E-state index contributed by atoms with van der Waals surface area (Å²) in [6, 6.07) is 15.9. The highest BCUT2D eigenvalue weighted by Crippen LogP contribution is 2.28. The van der Waals surface area contributed by atoms with Crippen molar-refractivity contribution >= 4 is 11.6 Å². The zero-order chi connectivity index (χ0) is 21.4. The largest absolute Gasteiger partial charge is 0.497 e. The van der Waals surface area contributed by atoms with Crippen molar-refractivity contribution in [1.82, 2.24) is 19.2 Å². The first kappa shape index (κ1) is 19.4. The van der Waals surface area contributed by atoms with Gasteiger partial charge in [-0.05, 0) is 55.1 Å². The molecule has 3 aromatic heterocycles. The number of hydrogen-bond acceptors (Lipinski definition) is 5. The van der Waals surface area contributed by atoms with E-state index in [4.69, 9.17) is 14.1 Å². The first-order chi connectivity index (χ1) is 15.1. The van der Waals surface area contributed by atoms with Crippen LogP contribution in [0.15, 0.2) is 71.7 Å². The topological polar surface area (TPSA) is 63.2 Å². The number of ether oxygens (including phenoxy) is 1. The van der Waals surface area contributed by atoms with E-state index in [0.717, 1.165) is 34.9 Å². The molecule has 1 aromatic carbocycles. The SMILES string of the molecule is COc1ccc(-c2cccc3nc([C@@H]4CN(C(=O)c5ccoc5)CCN4C)cn23)cc1. The molecular formula is C24H24N4O3. The van der Waals surface area contributed by atoms with Gasteiger partial charge in [-0.2, -0.15) is 0 Å². The highest BCUT2D eigenvalue weighted by molar-refractivity contribution is 5.93. The van der Waals surface area contributed by atoms with Gasteiger partial charge in [0.25, 0.3) is 5.91 Å². The quantitative estimate of drug-likeness (QED) is 0.507. The van der Waals surface area contributed by atoms with Crippen molar-refractivity contribution in [1.29, 1.82) is 0 Å². The lowest BCUT2D eigenvalue weighted by Gasteiger charge is -2.38. The van der Waals surface area contributed by atoms with Crippen LogP contribution in [0.1, 0.15) is 22.1 Å². The number of amides is 1. The molecule has 4 heterocycles. The lowest BCUT2D eigenvalue weighted by molar-refractivity contribution is 0.0540. The van der Waals surface area contributed by atoms with Gasteiger partial charge in [-0.3, -0.25) is 14.1 Å². The second-order valence-corrected chi connectivity index (χ2v) is 7.79. The molecule has 0 unspecified atom stereocenters. The molecule has 0 radical (unpaired) electrons. The number of pyridine rings is 1. The minimum Gasteiger partial charge on any atom is -0.497 e. The number of fused-ring (bicyclic) bond motifs is 1. The molecule has 0 saturated carbocycles. The summed E-state index contributed by atoms with van der Waals surface area (Å²) < 4.78 is 12.5. The number of methoxy groups -OCH3 is 1. The number of furan rings is 1. The smallest absolute Gasteiger partial charge is 0.257 e. The molecule has 158 valence electrons. The summed E-state index contributed by atoms with van der Waals surface area (Å²) in [5.41, 5.74) is 4.57. The maximum Gasteiger partial charge on any atom is 0.257 e. The minimum absolute atomic E-state index is 0.00506. The summed E-state index contributed by atoms with van der Waals surface area (Å²) in [4.78, 5) is 21.9. The van der Waals surface area contributed by atoms with E-state index < -0.39 is 0 Å². The van der Waals surface area contributed by atoms with E-state index >= 15 is 0 Å². The number of benzene rings is 1. The Hall–Kier alpha value is -3.58. The molecule has 7 heteroatoms. The Morgan fingerprint density at radius 2 is 1.97 bits per heavy atom. The predicted octanol–water partition coefficient (Wildman–Crippen LogP) is 3.73.